The van der Waals surface area contributed by atoms with E-state index in [9.17, 15) is 5.11 Å². The molecule has 16 heavy (non-hydrogen) atoms. The maximum absolute atomic E-state index is 9.89. The fourth-order valence-corrected chi connectivity index (χ4v) is 1.71. The number of aryl methyl sites for hydroxylation is 1. The Morgan fingerprint density at radius 2 is 1.75 bits per heavy atom. The number of halogens is 1. The molecule has 1 nitrogen and oxygen atoms in total. The van der Waals surface area contributed by atoms with Crippen molar-refractivity contribution >= 4 is 11.6 Å². The van der Waals surface area contributed by atoms with Gasteiger partial charge >= 0.3 is 0 Å². The Labute approximate surface area is 103 Å². The second-order valence-electron chi connectivity index (χ2n) is 5.40. The summed E-state index contributed by atoms with van der Waals surface area (Å²) < 4.78 is 0. The topological polar surface area (TPSA) is 20.2 Å². The van der Waals surface area contributed by atoms with Crippen molar-refractivity contribution in [1.82, 2.24) is 0 Å². The molecule has 1 aromatic rings. The summed E-state index contributed by atoms with van der Waals surface area (Å²) in [6.07, 6.45) is 2.65. The third-order valence-corrected chi connectivity index (χ3v) is 3.11. The molecule has 1 N–H and O–H groups in total. The summed E-state index contributed by atoms with van der Waals surface area (Å²) in [6, 6.07) is 7.92. The van der Waals surface area contributed by atoms with Gasteiger partial charge in [0.05, 0.1) is 6.10 Å². The van der Waals surface area contributed by atoms with E-state index in [1.165, 1.54) is 5.56 Å². The van der Waals surface area contributed by atoms with Crippen molar-refractivity contribution in [1.29, 1.82) is 0 Å². The lowest BCUT2D eigenvalue weighted by Crippen LogP contribution is -2.25. The van der Waals surface area contributed by atoms with Crippen LogP contribution in [0.1, 0.15) is 39.2 Å². The highest BCUT2D eigenvalue weighted by Gasteiger charge is 2.21. The van der Waals surface area contributed by atoms with Gasteiger partial charge in [-0.2, -0.15) is 0 Å². The molecular weight excluding hydrogens is 220 g/mol. The summed E-state index contributed by atoms with van der Waals surface area (Å²) in [4.78, 5) is 0. The van der Waals surface area contributed by atoms with Crippen LogP contribution in [0.2, 0.25) is 5.02 Å². The number of hydrogen-bond acceptors (Lipinski definition) is 1. The van der Waals surface area contributed by atoms with Gasteiger partial charge in [-0.15, -0.1) is 0 Å². The fourth-order valence-electron chi connectivity index (χ4n) is 1.58. The molecule has 0 fully saturated rings. The first kappa shape index (κ1) is 13.5. The number of benzene rings is 1. The Hall–Kier alpha value is -0.530. The Bertz CT molecular complexity index is 311. The summed E-state index contributed by atoms with van der Waals surface area (Å²) >= 11 is 5.82. The third kappa shape index (κ3) is 4.54. The van der Waals surface area contributed by atoms with Crippen molar-refractivity contribution in [2.45, 2.75) is 46.1 Å². The molecule has 1 rings (SSSR count). The second kappa shape index (κ2) is 5.70. The quantitative estimate of drug-likeness (QED) is 0.841. The lowest BCUT2D eigenvalue weighted by atomic mass is 9.86. The highest BCUT2D eigenvalue weighted by molar-refractivity contribution is 6.30. The van der Waals surface area contributed by atoms with Gasteiger partial charge in [0.15, 0.2) is 0 Å². The van der Waals surface area contributed by atoms with Crippen molar-refractivity contribution in [3.63, 3.8) is 0 Å². The maximum atomic E-state index is 9.89. The lowest BCUT2D eigenvalue weighted by Gasteiger charge is -2.25. The molecule has 0 saturated carbocycles. The minimum absolute atomic E-state index is 0.0139. The van der Waals surface area contributed by atoms with Crippen molar-refractivity contribution < 1.29 is 5.11 Å². The average molecular weight is 241 g/mol. The highest BCUT2D eigenvalue weighted by atomic mass is 35.5. The predicted molar refractivity (Wildman–Crippen MR) is 69.9 cm³/mol. The Kier molecular flexibility index (Phi) is 4.82. The van der Waals surface area contributed by atoms with Crippen molar-refractivity contribution in [2.75, 3.05) is 0 Å². The number of hydrogen-bond donors (Lipinski definition) is 1. The summed E-state index contributed by atoms with van der Waals surface area (Å²) in [5, 5.41) is 10.7. The smallest absolute Gasteiger partial charge is 0.0588 e. The van der Waals surface area contributed by atoms with Crippen molar-refractivity contribution in [3.05, 3.63) is 34.9 Å². The fraction of sp³-hybridized carbons (Fsp3) is 0.571. The molecule has 0 aliphatic heterocycles. The summed E-state index contributed by atoms with van der Waals surface area (Å²) in [5.41, 5.74) is 1.27. The summed E-state index contributed by atoms with van der Waals surface area (Å²) in [7, 11) is 0. The molecule has 0 aliphatic rings. The Morgan fingerprint density at radius 3 is 2.25 bits per heavy atom. The molecule has 0 aromatic heterocycles. The molecule has 1 unspecified atom stereocenters. The molecule has 0 spiro atoms. The van der Waals surface area contributed by atoms with E-state index >= 15 is 0 Å². The average Bonchev–Trinajstić information content (AvgIpc) is 2.19. The zero-order chi connectivity index (χ0) is 12.2. The van der Waals surface area contributed by atoms with Crippen LogP contribution in [0.5, 0.6) is 0 Å². The van der Waals surface area contributed by atoms with Crippen LogP contribution < -0.4 is 0 Å². The molecule has 0 amide bonds. The highest BCUT2D eigenvalue weighted by Crippen LogP contribution is 2.23. The van der Waals surface area contributed by atoms with E-state index in [1.807, 2.05) is 24.3 Å². The first-order valence-electron chi connectivity index (χ1n) is 5.82. The largest absolute Gasteiger partial charge is 0.393 e. The number of aliphatic hydroxyl groups excluding tert-OH is 1. The zero-order valence-corrected chi connectivity index (χ0v) is 11.1. The monoisotopic (exact) mass is 240 g/mol. The lowest BCUT2D eigenvalue weighted by molar-refractivity contribution is 0.0540. The van der Waals surface area contributed by atoms with E-state index in [2.05, 4.69) is 20.8 Å². The van der Waals surface area contributed by atoms with Crippen LogP contribution in [0.15, 0.2) is 24.3 Å². The van der Waals surface area contributed by atoms with Crippen LogP contribution >= 0.6 is 11.6 Å². The van der Waals surface area contributed by atoms with E-state index < -0.39 is 0 Å². The molecule has 0 saturated heterocycles. The van der Waals surface area contributed by atoms with Crippen LogP contribution in [0.4, 0.5) is 0 Å². The Balaban J connectivity index is 2.33. The van der Waals surface area contributed by atoms with Crippen LogP contribution in [-0.4, -0.2) is 11.2 Å². The SMILES string of the molecule is CC(C)(C)C(O)CCCc1ccc(Cl)cc1. The van der Waals surface area contributed by atoms with Gasteiger partial charge < -0.3 is 5.11 Å². The van der Waals surface area contributed by atoms with E-state index in [0.29, 0.717) is 0 Å². The molecule has 1 aromatic carbocycles. The van der Waals surface area contributed by atoms with Crippen LogP contribution in [-0.2, 0) is 6.42 Å². The van der Waals surface area contributed by atoms with Gasteiger partial charge in [-0.25, -0.2) is 0 Å². The minimum Gasteiger partial charge on any atom is -0.393 e. The first-order chi connectivity index (χ1) is 7.39. The molecule has 0 bridgehead atoms. The van der Waals surface area contributed by atoms with Gasteiger partial charge in [-0.1, -0.05) is 44.5 Å². The normalized spacial score (nSPS) is 13.8. The zero-order valence-electron chi connectivity index (χ0n) is 10.3. The van der Waals surface area contributed by atoms with Crippen LogP contribution in [0.25, 0.3) is 0 Å². The molecule has 0 heterocycles. The van der Waals surface area contributed by atoms with Gasteiger partial charge in [-0.3, -0.25) is 0 Å². The van der Waals surface area contributed by atoms with Gasteiger partial charge in [-0.05, 0) is 42.4 Å². The van der Waals surface area contributed by atoms with E-state index in [1.54, 1.807) is 0 Å². The Morgan fingerprint density at radius 1 is 1.19 bits per heavy atom. The van der Waals surface area contributed by atoms with Crippen molar-refractivity contribution in [3.8, 4) is 0 Å². The second-order valence-corrected chi connectivity index (χ2v) is 5.84. The summed E-state index contributed by atoms with van der Waals surface area (Å²) in [5.74, 6) is 0. The van der Waals surface area contributed by atoms with Crippen LogP contribution in [0.3, 0.4) is 0 Å². The van der Waals surface area contributed by atoms with Crippen molar-refractivity contribution in [2.24, 2.45) is 5.41 Å². The molecule has 2 heteroatoms. The number of aliphatic hydroxyl groups is 1. The molecule has 0 radical (unpaired) electrons. The predicted octanol–water partition coefficient (Wildman–Crippen LogP) is 4.07. The number of rotatable bonds is 4. The standard InChI is InChI=1S/C14H21ClO/c1-14(2,3)13(16)6-4-5-11-7-9-12(15)10-8-11/h7-10,13,16H,4-6H2,1-3H3. The van der Waals surface area contributed by atoms with Gasteiger partial charge in [0.25, 0.3) is 0 Å². The van der Waals surface area contributed by atoms with E-state index in [-0.39, 0.29) is 11.5 Å². The van der Waals surface area contributed by atoms with E-state index in [0.717, 1.165) is 24.3 Å². The van der Waals surface area contributed by atoms with Gasteiger partial charge in [0.2, 0.25) is 0 Å². The molecule has 1 atom stereocenters. The molecule has 90 valence electrons. The van der Waals surface area contributed by atoms with Gasteiger partial charge in [0, 0.05) is 5.02 Å². The van der Waals surface area contributed by atoms with Crippen LogP contribution in [0, 0.1) is 5.41 Å². The third-order valence-electron chi connectivity index (χ3n) is 2.86. The maximum Gasteiger partial charge on any atom is 0.0588 e. The molecule has 0 aliphatic carbocycles. The molecular formula is C14H21ClO. The summed E-state index contributed by atoms with van der Waals surface area (Å²) in [6.45, 7) is 6.21. The van der Waals surface area contributed by atoms with Gasteiger partial charge in [0.1, 0.15) is 0 Å². The minimum atomic E-state index is -0.222. The first-order valence-corrected chi connectivity index (χ1v) is 6.20. The van der Waals surface area contributed by atoms with E-state index in [4.69, 9.17) is 11.6 Å².